The van der Waals surface area contributed by atoms with Crippen LogP contribution in [-0.2, 0) is 0 Å². The Balaban J connectivity index is 3.15. The normalized spacial score (nSPS) is 9.80. The van der Waals surface area contributed by atoms with Crippen LogP contribution in [0.25, 0.3) is 0 Å². The van der Waals surface area contributed by atoms with Gasteiger partial charge >= 0.3 is 0 Å². The smallest absolute Gasteiger partial charge is 0.0835 e. The topological polar surface area (TPSA) is 79.1 Å². The van der Waals surface area contributed by atoms with Crippen molar-refractivity contribution < 1.29 is 5.11 Å². The van der Waals surface area contributed by atoms with Gasteiger partial charge in [-0.1, -0.05) is 10.4 Å². The van der Waals surface area contributed by atoms with E-state index in [9.17, 15) is 9.81 Å². The minimum Gasteiger partial charge on any atom is -0.393 e. The second kappa shape index (κ2) is 6.28. The van der Waals surface area contributed by atoms with Crippen LogP contribution >= 0.6 is 0 Å². The van der Waals surface area contributed by atoms with Crippen molar-refractivity contribution >= 4 is 0 Å². The fraction of sp³-hybridized carbons (Fsp3) is 1.00. The molecular weight excluding hydrogens is 136 g/mol. The average molecular weight is 146 g/mol. The maximum Gasteiger partial charge on any atom is 0.0835 e. The van der Waals surface area contributed by atoms with Gasteiger partial charge in [0.15, 0.2) is 0 Å². The van der Waals surface area contributed by atoms with Crippen molar-refractivity contribution in [1.82, 2.24) is 0 Å². The van der Waals surface area contributed by atoms with E-state index in [0.717, 1.165) is 0 Å². The summed E-state index contributed by atoms with van der Waals surface area (Å²) in [7, 11) is 0. The predicted molar refractivity (Wildman–Crippen MR) is 36.6 cm³/mol. The molecule has 0 unspecified atom stereocenters. The maximum absolute atomic E-state index is 9.54. The highest BCUT2D eigenvalue weighted by Crippen LogP contribution is 1.97. The minimum absolute atomic E-state index is 0.0972. The first-order valence-electron chi connectivity index (χ1n) is 3.07. The zero-order valence-electron chi connectivity index (χ0n) is 5.56. The van der Waals surface area contributed by atoms with Gasteiger partial charge in [-0.05, 0) is 12.8 Å². The van der Waals surface area contributed by atoms with Crippen LogP contribution in [0.4, 0.5) is 0 Å². The quantitative estimate of drug-likeness (QED) is 0.559. The lowest BCUT2D eigenvalue weighted by Crippen LogP contribution is -2.08. The Morgan fingerprint density at radius 1 is 1.10 bits per heavy atom. The van der Waals surface area contributed by atoms with Crippen LogP contribution < -0.4 is 0 Å². The maximum atomic E-state index is 9.54. The minimum atomic E-state index is -0.615. The van der Waals surface area contributed by atoms with Crippen LogP contribution in [0.3, 0.4) is 0 Å². The Morgan fingerprint density at radius 3 is 1.80 bits per heavy atom. The van der Waals surface area contributed by atoms with Gasteiger partial charge in [0.1, 0.15) is 0 Å². The van der Waals surface area contributed by atoms with Gasteiger partial charge in [-0.15, -0.1) is 0 Å². The standard InChI is InChI=1S/C5H10N2O3/c8-5(1-3-6-9)2-4-7-10/h5,8H,1-4H2. The number of aliphatic hydroxyl groups excluding tert-OH is 1. The van der Waals surface area contributed by atoms with E-state index in [1.807, 2.05) is 0 Å². The van der Waals surface area contributed by atoms with Crippen molar-refractivity contribution in [1.29, 1.82) is 0 Å². The molecule has 10 heavy (non-hydrogen) atoms. The van der Waals surface area contributed by atoms with Gasteiger partial charge in [-0.3, -0.25) is 0 Å². The second-order valence-corrected chi connectivity index (χ2v) is 1.94. The van der Waals surface area contributed by atoms with Crippen LogP contribution in [0.2, 0.25) is 0 Å². The Morgan fingerprint density at radius 2 is 1.50 bits per heavy atom. The van der Waals surface area contributed by atoms with E-state index < -0.39 is 6.10 Å². The summed E-state index contributed by atoms with van der Waals surface area (Å²) < 4.78 is 0. The van der Waals surface area contributed by atoms with Crippen molar-refractivity contribution in [3.8, 4) is 0 Å². The zero-order chi connectivity index (χ0) is 7.82. The monoisotopic (exact) mass is 146 g/mol. The number of nitroso groups, excluding NO2 is 2. The number of rotatable bonds is 6. The molecule has 0 aromatic heterocycles. The highest BCUT2D eigenvalue weighted by Gasteiger charge is 2.02. The SMILES string of the molecule is O=NCCC(O)CCN=O. The summed E-state index contributed by atoms with van der Waals surface area (Å²) in [6.07, 6.45) is 0.0216. The second-order valence-electron chi connectivity index (χ2n) is 1.94. The van der Waals surface area contributed by atoms with E-state index in [2.05, 4.69) is 10.4 Å². The lowest BCUT2D eigenvalue weighted by Gasteiger charge is -2.02. The molecule has 0 aromatic rings. The third kappa shape index (κ3) is 5.30. The highest BCUT2D eigenvalue weighted by molar-refractivity contribution is 4.58. The van der Waals surface area contributed by atoms with Crippen molar-refractivity contribution in [2.45, 2.75) is 18.9 Å². The summed E-state index contributed by atoms with van der Waals surface area (Å²) in [6.45, 7) is 0.194. The molecule has 0 aliphatic heterocycles. The first kappa shape index (κ1) is 9.16. The van der Waals surface area contributed by atoms with Crippen LogP contribution in [0.5, 0.6) is 0 Å². The van der Waals surface area contributed by atoms with Gasteiger partial charge in [0.05, 0.1) is 19.2 Å². The Bertz CT molecular complexity index is 95.1. The number of nitrogens with zero attached hydrogens (tertiary/aromatic N) is 2. The number of hydrogen-bond acceptors (Lipinski definition) is 5. The van der Waals surface area contributed by atoms with Gasteiger partial charge in [0.2, 0.25) is 0 Å². The van der Waals surface area contributed by atoms with E-state index >= 15 is 0 Å². The molecule has 0 bridgehead atoms. The van der Waals surface area contributed by atoms with Gasteiger partial charge in [-0.25, -0.2) is 0 Å². The van der Waals surface area contributed by atoms with Crippen molar-refractivity contribution in [3.63, 3.8) is 0 Å². The molecule has 5 nitrogen and oxygen atoms in total. The molecule has 0 spiro atoms. The summed E-state index contributed by atoms with van der Waals surface area (Å²) in [6, 6.07) is 0. The van der Waals surface area contributed by atoms with Gasteiger partial charge in [-0.2, -0.15) is 9.81 Å². The van der Waals surface area contributed by atoms with E-state index in [1.54, 1.807) is 0 Å². The molecule has 1 N–H and O–H groups in total. The largest absolute Gasteiger partial charge is 0.393 e. The molecule has 0 aromatic carbocycles. The van der Waals surface area contributed by atoms with E-state index in [-0.39, 0.29) is 13.1 Å². The molecule has 0 radical (unpaired) electrons. The molecule has 0 atom stereocenters. The molecule has 0 aliphatic rings. The first-order valence-corrected chi connectivity index (χ1v) is 3.07. The van der Waals surface area contributed by atoms with E-state index in [4.69, 9.17) is 5.11 Å². The van der Waals surface area contributed by atoms with E-state index in [0.29, 0.717) is 12.8 Å². The zero-order valence-corrected chi connectivity index (χ0v) is 5.56. The Labute approximate surface area is 58.4 Å². The Kier molecular flexibility index (Phi) is 5.75. The molecule has 0 rings (SSSR count). The summed E-state index contributed by atoms with van der Waals surface area (Å²) in [4.78, 5) is 19.1. The van der Waals surface area contributed by atoms with Crippen molar-refractivity contribution in [2.75, 3.05) is 13.1 Å². The molecule has 58 valence electrons. The van der Waals surface area contributed by atoms with Crippen LogP contribution in [0.15, 0.2) is 10.4 Å². The van der Waals surface area contributed by atoms with Gasteiger partial charge < -0.3 is 5.11 Å². The summed E-state index contributed by atoms with van der Waals surface area (Å²) in [5.74, 6) is 0. The molecular formula is C5H10N2O3. The van der Waals surface area contributed by atoms with Crippen LogP contribution in [-0.4, -0.2) is 24.3 Å². The third-order valence-electron chi connectivity index (χ3n) is 1.11. The first-order chi connectivity index (χ1) is 4.81. The molecule has 0 heterocycles. The number of aliphatic hydroxyl groups is 1. The van der Waals surface area contributed by atoms with Gasteiger partial charge in [0.25, 0.3) is 0 Å². The summed E-state index contributed by atoms with van der Waals surface area (Å²) >= 11 is 0. The lowest BCUT2D eigenvalue weighted by molar-refractivity contribution is 0.160. The van der Waals surface area contributed by atoms with Crippen LogP contribution in [0, 0.1) is 9.81 Å². The molecule has 0 aliphatic carbocycles. The highest BCUT2D eigenvalue weighted by atomic mass is 16.3. The van der Waals surface area contributed by atoms with Crippen molar-refractivity contribution in [2.24, 2.45) is 10.4 Å². The van der Waals surface area contributed by atoms with Crippen LogP contribution in [0.1, 0.15) is 12.8 Å². The summed E-state index contributed by atoms with van der Waals surface area (Å²) in [5, 5.41) is 14.0. The fourth-order valence-electron chi connectivity index (χ4n) is 0.548. The molecule has 5 heteroatoms. The predicted octanol–water partition coefficient (Wildman–Crippen LogP) is 0.660. The van der Waals surface area contributed by atoms with Crippen molar-refractivity contribution in [3.05, 3.63) is 9.81 Å². The van der Waals surface area contributed by atoms with E-state index in [1.165, 1.54) is 0 Å². The average Bonchev–Trinajstić information content (AvgIpc) is 1.97. The lowest BCUT2D eigenvalue weighted by atomic mass is 10.2. The summed E-state index contributed by atoms with van der Waals surface area (Å²) in [5.41, 5.74) is 0. The molecule has 0 saturated heterocycles. The fourth-order valence-corrected chi connectivity index (χ4v) is 0.548. The molecule has 0 saturated carbocycles. The van der Waals surface area contributed by atoms with Gasteiger partial charge in [0, 0.05) is 0 Å². The Hall–Kier alpha value is -0.840. The molecule has 0 amide bonds. The number of hydrogen-bond donors (Lipinski definition) is 1. The third-order valence-corrected chi connectivity index (χ3v) is 1.11. The molecule has 0 fully saturated rings.